The highest BCUT2D eigenvalue weighted by Gasteiger charge is 2.14. The lowest BCUT2D eigenvalue weighted by molar-refractivity contribution is 0.220. The van der Waals surface area contributed by atoms with Crippen molar-refractivity contribution in [2.75, 3.05) is 24.8 Å². The Morgan fingerprint density at radius 3 is 2.27 bits per heavy atom. The van der Waals surface area contributed by atoms with Crippen molar-refractivity contribution in [1.82, 2.24) is 4.90 Å². The maximum Gasteiger partial charge on any atom is 0.0371 e. The molecule has 0 radical (unpaired) electrons. The Labute approximate surface area is 150 Å². The van der Waals surface area contributed by atoms with E-state index in [1.807, 2.05) is 18.2 Å². The summed E-state index contributed by atoms with van der Waals surface area (Å²) in [6, 6.07) is 10.8. The molecule has 0 spiro atoms. The van der Waals surface area contributed by atoms with Crippen LogP contribution in [0.4, 0.5) is 0 Å². The van der Waals surface area contributed by atoms with E-state index in [4.69, 9.17) is 34.8 Å². The Balaban J connectivity index is 2.29. The number of hydrogen-bond donors (Lipinski definition) is 0. The quantitative estimate of drug-likeness (QED) is 0.460. The van der Waals surface area contributed by atoms with Crippen molar-refractivity contribution < 1.29 is 0 Å². The fourth-order valence-electron chi connectivity index (χ4n) is 2.41. The standard InChI is InChI=1S/C18H26Cl3N/c1-16(22(14-12-19)15-13-20)10-11-18(21)9-5-8-17-6-3-2-4-7-17/h2-8,16,18H,9-15H2,1H3. The molecule has 0 aliphatic carbocycles. The lowest BCUT2D eigenvalue weighted by Crippen LogP contribution is -2.36. The summed E-state index contributed by atoms with van der Waals surface area (Å²) in [7, 11) is 0. The molecule has 1 aromatic carbocycles. The monoisotopic (exact) mass is 361 g/mol. The molecule has 2 atom stereocenters. The van der Waals surface area contributed by atoms with E-state index in [2.05, 4.69) is 36.1 Å². The second kappa shape index (κ2) is 12.2. The molecule has 1 nitrogen and oxygen atoms in total. The molecule has 0 fully saturated rings. The summed E-state index contributed by atoms with van der Waals surface area (Å²) in [5, 5.41) is 0.177. The smallest absolute Gasteiger partial charge is 0.0371 e. The number of benzene rings is 1. The first-order valence-electron chi connectivity index (χ1n) is 7.89. The van der Waals surface area contributed by atoms with E-state index in [1.165, 1.54) is 5.56 Å². The van der Waals surface area contributed by atoms with Gasteiger partial charge in [0.25, 0.3) is 0 Å². The van der Waals surface area contributed by atoms with Gasteiger partial charge >= 0.3 is 0 Å². The van der Waals surface area contributed by atoms with Crippen LogP contribution < -0.4 is 0 Å². The van der Waals surface area contributed by atoms with Crippen LogP contribution in [0.15, 0.2) is 36.4 Å². The van der Waals surface area contributed by atoms with Gasteiger partial charge in [0.1, 0.15) is 0 Å². The first kappa shape index (κ1) is 19.8. The van der Waals surface area contributed by atoms with E-state index in [9.17, 15) is 0 Å². The average Bonchev–Trinajstić information content (AvgIpc) is 2.53. The van der Waals surface area contributed by atoms with Crippen molar-refractivity contribution in [2.45, 2.75) is 37.6 Å². The van der Waals surface area contributed by atoms with Gasteiger partial charge in [0.15, 0.2) is 0 Å². The highest BCUT2D eigenvalue weighted by atomic mass is 35.5. The fraction of sp³-hybridized carbons (Fsp3) is 0.556. The highest BCUT2D eigenvalue weighted by Crippen LogP contribution is 2.16. The van der Waals surface area contributed by atoms with Crippen LogP contribution in [-0.4, -0.2) is 41.2 Å². The SMILES string of the molecule is CC(CCC(Cl)CC=Cc1ccccc1)N(CCCl)CCCl. The van der Waals surface area contributed by atoms with Crippen LogP contribution in [0.5, 0.6) is 0 Å². The van der Waals surface area contributed by atoms with Gasteiger partial charge in [-0.2, -0.15) is 0 Å². The predicted molar refractivity (Wildman–Crippen MR) is 101 cm³/mol. The van der Waals surface area contributed by atoms with Crippen molar-refractivity contribution in [2.24, 2.45) is 0 Å². The van der Waals surface area contributed by atoms with Crippen LogP contribution in [0.1, 0.15) is 31.7 Å². The Kier molecular flexibility index (Phi) is 11.0. The third-order valence-corrected chi connectivity index (χ3v) is 4.50. The number of alkyl halides is 3. The molecule has 0 heterocycles. The molecule has 0 saturated carbocycles. The fourth-order valence-corrected chi connectivity index (χ4v) is 3.07. The second-order valence-electron chi connectivity index (χ2n) is 5.49. The number of hydrogen-bond acceptors (Lipinski definition) is 1. The Morgan fingerprint density at radius 2 is 1.68 bits per heavy atom. The van der Waals surface area contributed by atoms with Gasteiger partial charge in [-0.25, -0.2) is 0 Å². The molecule has 0 N–H and O–H groups in total. The van der Waals surface area contributed by atoms with E-state index >= 15 is 0 Å². The molecule has 0 bridgehead atoms. The molecule has 2 unspecified atom stereocenters. The molecule has 1 rings (SSSR count). The molecular formula is C18H26Cl3N. The summed E-state index contributed by atoms with van der Waals surface area (Å²) >= 11 is 18.1. The summed E-state index contributed by atoms with van der Waals surface area (Å²) in [6.07, 6.45) is 7.26. The Morgan fingerprint density at radius 1 is 1.05 bits per heavy atom. The van der Waals surface area contributed by atoms with E-state index in [1.54, 1.807) is 0 Å². The van der Waals surface area contributed by atoms with Crippen LogP contribution in [0.3, 0.4) is 0 Å². The van der Waals surface area contributed by atoms with Gasteiger partial charge < -0.3 is 0 Å². The normalized spacial score (nSPS) is 14.6. The predicted octanol–water partition coefficient (Wildman–Crippen LogP) is 5.65. The zero-order valence-electron chi connectivity index (χ0n) is 13.2. The number of nitrogens with zero attached hydrogens (tertiary/aromatic N) is 1. The summed E-state index contributed by atoms with van der Waals surface area (Å²) in [5.41, 5.74) is 1.22. The number of allylic oxidation sites excluding steroid dienone is 1. The third-order valence-electron chi connectivity index (χ3n) is 3.77. The molecule has 124 valence electrons. The van der Waals surface area contributed by atoms with Crippen molar-refractivity contribution >= 4 is 40.9 Å². The Hall–Kier alpha value is -0.210. The molecule has 0 aliphatic rings. The Bertz CT molecular complexity index is 402. The van der Waals surface area contributed by atoms with Crippen LogP contribution in [0.25, 0.3) is 6.08 Å². The largest absolute Gasteiger partial charge is 0.298 e. The molecule has 1 aromatic rings. The van der Waals surface area contributed by atoms with Crippen LogP contribution in [-0.2, 0) is 0 Å². The van der Waals surface area contributed by atoms with Gasteiger partial charge in [0.2, 0.25) is 0 Å². The van der Waals surface area contributed by atoms with Gasteiger partial charge in [-0.3, -0.25) is 4.90 Å². The second-order valence-corrected chi connectivity index (χ2v) is 6.86. The number of halogens is 3. The van der Waals surface area contributed by atoms with Gasteiger partial charge in [-0.05, 0) is 31.7 Å². The summed E-state index contributed by atoms with van der Waals surface area (Å²) in [6.45, 7) is 4.00. The molecule has 0 aliphatic heterocycles. The maximum absolute atomic E-state index is 6.43. The first-order valence-corrected chi connectivity index (χ1v) is 9.39. The minimum Gasteiger partial charge on any atom is -0.298 e. The van der Waals surface area contributed by atoms with E-state index in [0.29, 0.717) is 17.8 Å². The topological polar surface area (TPSA) is 3.24 Å². The maximum atomic E-state index is 6.43. The van der Waals surface area contributed by atoms with Gasteiger partial charge in [0.05, 0.1) is 0 Å². The van der Waals surface area contributed by atoms with E-state index < -0.39 is 0 Å². The zero-order chi connectivity index (χ0) is 16.2. The van der Waals surface area contributed by atoms with Gasteiger partial charge in [-0.15, -0.1) is 34.8 Å². The number of rotatable bonds is 11. The van der Waals surface area contributed by atoms with Crippen molar-refractivity contribution in [3.05, 3.63) is 42.0 Å². The minimum atomic E-state index is 0.177. The molecule has 0 aromatic heterocycles. The molecule has 0 saturated heterocycles. The van der Waals surface area contributed by atoms with Crippen molar-refractivity contribution in [1.29, 1.82) is 0 Å². The molecule has 22 heavy (non-hydrogen) atoms. The van der Waals surface area contributed by atoms with E-state index in [-0.39, 0.29) is 5.38 Å². The molecular weight excluding hydrogens is 337 g/mol. The van der Waals surface area contributed by atoms with Crippen LogP contribution in [0.2, 0.25) is 0 Å². The molecule has 4 heteroatoms. The summed E-state index contributed by atoms with van der Waals surface area (Å²) < 4.78 is 0. The van der Waals surface area contributed by atoms with Gasteiger partial charge in [0, 0.05) is 36.3 Å². The first-order chi connectivity index (χ1) is 10.7. The van der Waals surface area contributed by atoms with Crippen molar-refractivity contribution in [3.8, 4) is 0 Å². The summed E-state index contributed by atoms with van der Waals surface area (Å²) in [4.78, 5) is 2.34. The van der Waals surface area contributed by atoms with Crippen LogP contribution in [0, 0.1) is 0 Å². The summed E-state index contributed by atoms with van der Waals surface area (Å²) in [5.74, 6) is 1.29. The lowest BCUT2D eigenvalue weighted by Gasteiger charge is -2.28. The van der Waals surface area contributed by atoms with Crippen LogP contribution >= 0.6 is 34.8 Å². The van der Waals surface area contributed by atoms with Gasteiger partial charge in [-0.1, -0.05) is 42.5 Å². The highest BCUT2D eigenvalue weighted by molar-refractivity contribution is 6.20. The third kappa shape index (κ3) is 8.43. The lowest BCUT2D eigenvalue weighted by atomic mass is 10.1. The zero-order valence-corrected chi connectivity index (χ0v) is 15.5. The minimum absolute atomic E-state index is 0.177. The van der Waals surface area contributed by atoms with E-state index in [0.717, 1.165) is 32.4 Å². The average molecular weight is 363 g/mol. The molecule has 0 amide bonds. The van der Waals surface area contributed by atoms with Crippen molar-refractivity contribution in [3.63, 3.8) is 0 Å².